The van der Waals surface area contributed by atoms with E-state index in [2.05, 4.69) is 0 Å². The first-order valence-corrected chi connectivity index (χ1v) is 3.62. The Morgan fingerprint density at radius 1 is 1.40 bits per heavy atom. The Balaban J connectivity index is 3.50. The van der Waals surface area contributed by atoms with Crippen molar-refractivity contribution in [1.29, 1.82) is 0 Å². The van der Waals surface area contributed by atoms with E-state index in [9.17, 15) is 5.11 Å². The summed E-state index contributed by atoms with van der Waals surface area (Å²) in [4.78, 5) is 0. The van der Waals surface area contributed by atoms with Crippen molar-refractivity contribution < 1.29 is 10.2 Å². The van der Waals surface area contributed by atoms with E-state index in [1.54, 1.807) is 0 Å². The van der Waals surface area contributed by atoms with Crippen LogP contribution in [-0.2, 0) is 0 Å². The van der Waals surface area contributed by atoms with Crippen LogP contribution in [0.15, 0.2) is 0 Å². The number of aliphatic hydroxyl groups excluding tert-OH is 2. The minimum atomic E-state index is -0.565. The van der Waals surface area contributed by atoms with E-state index in [1.807, 2.05) is 13.8 Å². The van der Waals surface area contributed by atoms with Gasteiger partial charge in [0.1, 0.15) is 0 Å². The van der Waals surface area contributed by atoms with E-state index in [0.29, 0.717) is 12.3 Å². The lowest BCUT2D eigenvalue weighted by Gasteiger charge is -2.17. The van der Waals surface area contributed by atoms with Crippen LogP contribution in [0, 0.1) is 5.92 Å². The molecule has 0 fully saturated rings. The van der Waals surface area contributed by atoms with Gasteiger partial charge in [-0.3, -0.25) is 0 Å². The lowest BCUT2D eigenvalue weighted by atomic mass is 10.0. The quantitative estimate of drug-likeness (QED) is 0.512. The second kappa shape index (κ2) is 4.66. The van der Waals surface area contributed by atoms with Gasteiger partial charge in [0.25, 0.3) is 0 Å². The van der Waals surface area contributed by atoms with Crippen molar-refractivity contribution in [3.63, 3.8) is 0 Å². The molecule has 0 rings (SSSR count). The van der Waals surface area contributed by atoms with Gasteiger partial charge in [-0.2, -0.15) is 0 Å². The van der Waals surface area contributed by atoms with Crippen molar-refractivity contribution in [3.8, 4) is 0 Å². The Kier molecular flexibility index (Phi) is 4.60. The number of nitrogens with two attached hydrogens (primary N) is 1. The van der Waals surface area contributed by atoms with Crippen LogP contribution in [0.4, 0.5) is 0 Å². The summed E-state index contributed by atoms with van der Waals surface area (Å²) >= 11 is 0. The van der Waals surface area contributed by atoms with E-state index >= 15 is 0 Å². The molecule has 2 atom stereocenters. The number of rotatable bonds is 4. The molecule has 0 spiro atoms. The molecule has 0 heterocycles. The van der Waals surface area contributed by atoms with Gasteiger partial charge in [-0.1, -0.05) is 13.8 Å². The maximum atomic E-state index is 9.20. The molecule has 0 aromatic rings. The zero-order chi connectivity index (χ0) is 8.15. The van der Waals surface area contributed by atoms with E-state index in [0.717, 1.165) is 0 Å². The van der Waals surface area contributed by atoms with E-state index in [4.69, 9.17) is 10.8 Å². The summed E-state index contributed by atoms with van der Waals surface area (Å²) in [5.41, 5.74) is 5.36. The highest BCUT2D eigenvalue weighted by atomic mass is 16.3. The summed E-state index contributed by atoms with van der Waals surface area (Å²) in [6.45, 7) is 3.87. The van der Waals surface area contributed by atoms with Crippen LogP contribution in [0.3, 0.4) is 0 Å². The Bertz CT molecular complexity index is 85.7. The van der Waals surface area contributed by atoms with Gasteiger partial charge < -0.3 is 15.9 Å². The predicted molar refractivity (Wildman–Crippen MR) is 40.5 cm³/mol. The van der Waals surface area contributed by atoms with Crippen LogP contribution in [0.25, 0.3) is 0 Å². The SMILES string of the molecule is CC(C)CC(O)C(N)CO. The molecule has 0 aromatic heterocycles. The molecule has 4 N–H and O–H groups in total. The summed E-state index contributed by atoms with van der Waals surface area (Å²) in [5, 5.41) is 17.7. The molecule has 2 unspecified atom stereocenters. The van der Waals surface area contributed by atoms with Gasteiger partial charge >= 0.3 is 0 Å². The minimum Gasteiger partial charge on any atom is -0.395 e. The van der Waals surface area contributed by atoms with Gasteiger partial charge in [-0.25, -0.2) is 0 Å². The highest BCUT2D eigenvalue weighted by Crippen LogP contribution is 2.05. The summed E-state index contributed by atoms with van der Waals surface area (Å²) in [6, 6.07) is -0.484. The third kappa shape index (κ3) is 3.82. The molecule has 0 bridgehead atoms. The second-order valence-corrected chi connectivity index (χ2v) is 3.04. The van der Waals surface area contributed by atoms with Crippen molar-refractivity contribution in [2.45, 2.75) is 32.4 Å². The van der Waals surface area contributed by atoms with Crippen LogP contribution in [-0.4, -0.2) is 29.0 Å². The maximum absolute atomic E-state index is 9.20. The fourth-order valence-electron chi connectivity index (χ4n) is 0.779. The van der Waals surface area contributed by atoms with E-state index < -0.39 is 12.1 Å². The first-order chi connectivity index (χ1) is 4.57. The zero-order valence-electron chi connectivity index (χ0n) is 6.62. The van der Waals surface area contributed by atoms with E-state index in [1.165, 1.54) is 0 Å². The van der Waals surface area contributed by atoms with Crippen LogP contribution in [0.2, 0.25) is 0 Å². The first kappa shape index (κ1) is 9.88. The maximum Gasteiger partial charge on any atom is 0.0716 e. The number of aliphatic hydroxyl groups is 2. The molecule has 0 amide bonds. The molecule has 0 saturated carbocycles. The molecule has 62 valence electrons. The lowest BCUT2D eigenvalue weighted by Crippen LogP contribution is -2.38. The molecular formula is C7H17NO2. The van der Waals surface area contributed by atoms with Crippen molar-refractivity contribution in [2.24, 2.45) is 11.7 Å². The Morgan fingerprint density at radius 3 is 2.20 bits per heavy atom. The highest BCUT2D eigenvalue weighted by Gasteiger charge is 2.14. The van der Waals surface area contributed by atoms with Crippen molar-refractivity contribution in [1.82, 2.24) is 0 Å². The molecule has 0 radical (unpaired) electrons. The smallest absolute Gasteiger partial charge is 0.0716 e. The largest absolute Gasteiger partial charge is 0.395 e. The molecule has 0 saturated heterocycles. The fourth-order valence-corrected chi connectivity index (χ4v) is 0.779. The standard InChI is InChI=1S/C7H17NO2/c1-5(2)3-7(10)6(8)4-9/h5-7,9-10H,3-4,8H2,1-2H3. The van der Waals surface area contributed by atoms with E-state index in [-0.39, 0.29) is 6.61 Å². The van der Waals surface area contributed by atoms with Crippen LogP contribution < -0.4 is 5.73 Å². The molecule has 3 nitrogen and oxygen atoms in total. The van der Waals surface area contributed by atoms with Crippen LogP contribution in [0.5, 0.6) is 0 Å². The predicted octanol–water partition coefficient (Wildman–Crippen LogP) is -0.287. The van der Waals surface area contributed by atoms with Gasteiger partial charge in [0, 0.05) is 0 Å². The molecule has 3 heteroatoms. The third-order valence-corrected chi connectivity index (χ3v) is 1.42. The Labute approximate surface area is 61.9 Å². The van der Waals surface area contributed by atoms with Crippen molar-refractivity contribution in [2.75, 3.05) is 6.61 Å². The molecule has 0 aliphatic heterocycles. The van der Waals surface area contributed by atoms with Crippen molar-refractivity contribution in [3.05, 3.63) is 0 Å². The molecule has 0 aromatic carbocycles. The van der Waals surface area contributed by atoms with Crippen LogP contribution in [0.1, 0.15) is 20.3 Å². The van der Waals surface area contributed by atoms with Gasteiger partial charge in [-0.15, -0.1) is 0 Å². The molecule has 10 heavy (non-hydrogen) atoms. The highest BCUT2D eigenvalue weighted by molar-refractivity contribution is 4.71. The summed E-state index contributed by atoms with van der Waals surface area (Å²) < 4.78 is 0. The zero-order valence-corrected chi connectivity index (χ0v) is 6.62. The minimum absolute atomic E-state index is 0.145. The number of hydrogen-bond donors (Lipinski definition) is 3. The number of hydrogen-bond acceptors (Lipinski definition) is 3. The topological polar surface area (TPSA) is 66.5 Å². The normalized spacial score (nSPS) is 17.4. The Hall–Kier alpha value is -0.120. The van der Waals surface area contributed by atoms with Gasteiger partial charge in [0.15, 0.2) is 0 Å². The molecular weight excluding hydrogens is 130 g/mol. The second-order valence-electron chi connectivity index (χ2n) is 3.04. The molecule has 0 aliphatic carbocycles. The van der Waals surface area contributed by atoms with Crippen LogP contribution >= 0.6 is 0 Å². The lowest BCUT2D eigenvalue weighted by molar-refractivity contribution is 0.0909. The molecule has 0 aliphatic rings. The van der Waals surface area contributed by atoms with Crippen molar-refractivity contribution >= 4 is 0 Å². The summed E-state index contributed by atoms with van der Waals surface area (Å²) in [7, 11) is 0. The Morgan fingerprint density at radius 2 is 1.90 bits per heavy atom. The summed E-state index contributed by atoms with van der Waals surface area (Å²) in [5.74, 6) is 0.424. The average Bonchev–Trinajstić information content (AvgIpc) is 1.85. The van der Waals surface area contributed by atoms with Gasteiger partial charge in [-0.05, 0) is 12.3 Å². The third-order valence-electron chi connectivity index (χ3n) is 1.42. The van der Waals surface area contributed by atoms with Gasteiger partial charge in [0.2, 0.25) is 0 Å². The summed E-state index contributed by atoms with van der Waals surface area (Å²) in [6.07, 6.45) is 0.0897. The first-order valence-electron chi connectivity index (χ1n) is 3.62. The average molecular weight is 147 g/mol. The van der Waals surface area contributed by atoms with Gasteiger partial charge in [0.05, 0.1) is 18.8 Å². The monoisotopic (exact) mass is 147 g/mol. The fraction of sp³-hybridized carbons (Fsp3) is 1.00.